The Kier molecular flexibility index (Phi) is 7.32. The van der Waals surface area contributed by atoms with Gasteiger partial charge in [0.2, 0.25) is 0 Å². The number of hydrogen-bond donors (Lipinski definition) is 0. The van der Waals surface area contributed by atoms with E-state index in [0.717, 1.165) is 26.9 Å². The Morgan fingerprint density at radius 1 is 1.08 bits per heavy atom. The van der Waals surface area contributed by atoms with Gasteiger partial charge in [-0.15, -0.1) is 0 Å². The lowest BCUT2D eigenvalue weighted by Crippen LogP contribution is -2.35. The van der Waals surface area contributed by atoms with Gasteiger partial charge in [0, 0.05) is 13.6 Å². The predicted octanol–water partition coefficient (Wildman–Crippen LogP) is 5.28. The van der Waals surface area contributed by atoms with Gasteiger partial charge in [0.25, 0.3) is 0 Å². The maximum Gasteiger partial charge on any atom is 0.410 e. The highest BCUT2D eigenvalue weighted by Crippen LogP contribution is 2.23. The third kappa shape index (κ3) is 6.86. The second kappa shape index (κ2) is 9.26. The Balaban J connectivity index is 1.87. The van der Waals surface area contributed by atoms with E-state index in [9.17, 15) is 4.79 Å². The molecule has 5 heteroatoms. The quantitative estimate of drug-likeness (QED) is 0.543. The van der Waals surface area contributed by atoms with Crippen molar-refractivity contribution in [3.63, 3.8) is 0 Å². The van der Waals surface area contributed by atoms with Crippen molar-refractivity contribution in [2.45, 2.75) is 39.4 Å². The van der Waals surface area contributed by atoms with Gasteiger partial charge in [-0.1, -0.05) is 36.4 Å². The molecule has 0 N–H and O–H groups in total. The number of hydrogen-bond acceptors (Lipinski definition) is 3. The highest BCUT2D eigenvalue weighted by Gasteiger charge is 2.19. The molecule has 2 rings (SSSR count). The van der Waals surface area contributed by atoms with Crippen molar-refractivity contribution >= 4 is 28.7 Å². The highest BCUT2D eigenvalue weighted by atomic mass is 127. The number of nitrogens with zero attached hydrogens (tertiary/aromatic N) is 1. The van der Waals surface area contributed by atoms with Crippen LogP contribution in [0, 0.1) is 3.57 Å². The van der Waals surface area contributed by atoms with Crippen LogP contribution in [0.4, 0.5) is 4.79 Å². The van der Waals surface area contributed by atoms with Crippen molar-refractivity contribution in [3.05, 3.63) is 63.2 Å². The summed E-state index contributed by atoms with van der Waals surface area (Å²) in [6.45, 7) is 6.77. The molecule has 0 spiro atoms. The molecule has 0 atom stereocenters. The lowest BCUT2D eigenvalue weighted by molar-refractivity contribution is 0.0301. The number of carbonyl (C=O) groups excluding carboxylic acids is 1. The SMILES string of the molecule is CN(CCc1ccc(OCc2ccccc2)c(I)c1)C(=O)OC(C)(C)C. The van der Waals surface area contributed by atoms with Gasteiger partial charge in [-0.05, 0) is 73.0 Å². The number of carbonyl (C=O) groups is 1. The highest BCUT2D eigenvalue weighted by molar-refractivity contribution is 14.1. The maximum atomic E-state index is 12.0. The molecule has 4 nitrogen and oxygen atoms in total. The van der Waals surface area contributed by atoms with E-state index >= 15 is 0 Å². The minimum atomic E-state index is -0.474. The first-order valence-corrected chi connectivity index (χ1v) is 9.72. The van der Waals surface area contributed by atoms with Gasteiger partial charge < -0.3 is 14.4 Å². The standard InChI is InChI=1S/C21H26INO3/c1-21(2,3)26-20(24)23(4)13-12-16-10-11-19(18(22)14-16)25-15-17-8-6-5-7-9-17/h5-11,14H,12-13,15H2,1-4H3. The molecule has 0 unspecified atom stereocenters. The van der Waals surface area contributed by atoms with Crippen molar-refractivity contribution in [1.29, 1.82) is 0 Å². The van der Waals surface area contributed by atoms with Crippen LogP contribution in [0.5, 0.6) is 5.75 Å². The van der Waals surface area contributed by atoms with Crippen LogP contribution in [0.1, 0.15) is 31.9 Å². The van der Waals surface area contributed by atoms with E-state index in [-0.39, 0.29) is 6.09 Å². The first kappa shape index (κ1) is 20.6. The lowest BCUT2D eigenvalue weighted by Gasteiger charge is -2.24. The van der Waals surface area contributed by atoms with Gasteiger partial charge in [0.05, 0.1) is 3.57 Å². The molecule has 1 amide bonds. The average molecular weight is 467 g/mol. The summed E-state index contributed by atoms with van der Waals surface area (Å²) < 4.78 is 12.3. The molecular weight excluding hydrogens is 441 g/mol. The molecule has 0 heterocycles. The van der Waals surface area contributed by atoms with Crippen molar-refractivity contribution in [1.82, 2.24) is 4.90 Å². The molecule has 0 saturated heterocycles. The first-order chi connectivity index (χ1) is 12.2. The summed E-state index contributed by atoms with van der Waals surface area (Å²) in [5, 5.41) is 0. The minimum Gasteiger partial charge on any atom is -0.488 e. The monoisotopic (exact) mass is 467 g/mol. The first-order valence-electron chi connectivity index (χ1n) is 8.64. The molecule has 0 saturated carbocycles. The van der Waals surface area contributed by atoms with Gasteiger partial charge >= 0.3 is 6.09 Å². The summed E-state index contributed by atoms with van der Waals surface area (Å²) in [6, 6.07) is 16.3. The van der Waals surface area contributed by atoms with Gasteiger partial charge in [-0.25, -0.2) is 4.79 Å². The van der Waals surface area contributed by atoms with E-state index in [2.05, 4.69) is 28.7 Å². The number of likely N-dealkylation sites (N-methyl/N-ethyl adjacent to an activating group) is 1. The molecular formula is C21H26INO3. The zero-order valence-electron chi connectivity index (χ0n) is 15.8. The molecule has 0 radical (unpaired) electrons. The second-order valence-electron chi connectivity index (χ2n) is 7.19. The van der Waals surface area contributed by atoms with E-state index in [4.69, 9.17) is 9.47 Å². The Labute approximate surface area is 169 Å². The Bertz CT molecular complexity index is 726. The molecule has 0 aromatic heterocycles. The molecule has 0 aliphatic rings. The summed E-state index contributed by atoms with van der Waals surface area (Å²) in [7, 11) is 1.76. The molecule has 0 aliphatic heterocycles. The van der Waals surface area contributed by atoms with Crippen LogP contribution in [0.3, 0.4) is 0 Å². The summed E-state index contributed by atoms with van der Waals surface area (Å²) in [4.78, 5) is 13.6. The lowest BCUT2D eigenvalue weighted by atomic mass is 10.1. The van der Waals surface area contributed by atoms with Crippen LogP contribution in [0.25, 0.3) is 0 Å². The molecule has 0 fully saturated rings. The fraction of sp³-hybridized carbons (Fsp3) is 0.381. The van der Waals surface area contributed by atoms with Crippen LogP contribution in [0.15, 0.2) is 48.5 Å². The largest absolute Gasteiger partial charge is 0.488 e. The fourth-order valence-corrected chi connectivity index (χ4v) is 3.02. The molecule has 2 aromatic carbocycles. The fourth-order valence-electron chi connectivity index (χ4n) is 2.28. The van der Waals surface area contributed by atoms with E-state index < -0.39 is 5.60 Å². The Morgan fingerprint density at radius 3 is 2.38 bits per heavy atom. The zero-order chi connectivity index (χ0) is 19.2. The maximum absolute atomic E-state index is 12.0. The number of ether oxygens (including phenoxy) is 2. The van der Waals surface area contributed by atoms with Crippen molar-refractivity contribution in [2.75, 3.05) is 13.6 Å². The average Bonchev–Trinajstić information content (AvgIpc) is 2.58. The topological polar surface area (TPSA) is 38.8 Å². The Morgan fingerprint density at radius 2 is 1.77 bits per heavy atom. The number of amides is 1. The van der Waals surface area contributed by atoms with Gasteiger partial charge in [0.15, 0.2) is 0 Å². The smallest absolute Gasteiger partial charge is 0.410 e. The predicted molar refractivity (Wildman–Crippen MR) is 113 cm³/mol. The van der Waals surface area contributed by atoms with E-state index in [1.807, 2.05) is 63.2 Å². The van der Waals surface area contributed by atoms with Crippen molar-refractivity contribution < 1.29 is 14.3 Å². The van der Waals surface area contributed by atoms with Crippen LogP contribution >= 0.6 is 22.6 Å². The zero-order valence-corrected chi connectivity index (χ0v) is 17.9. The van der Waals surface area contributed by atoms with Crippen LogP contribution in [-0.4, -0.2) is 30.2 Å². The number of rotatable bonds is 6. The molecule has 140 valence electrons. The normalized spacial score (nSPS) is 11.1. The van der Waals surface area contributed by atoms with E-state index in [1.165, 1.54) is 0 Å². The van der Waals surface area contributed by atoms with E-state index in [0.29, 0.717) is 13.2 Å². The number of benzene rings is 2. The summed E-state index contributed by atoms with van der Waals surface area (Å²) in [6.07, 6.45) is 0.472. The molecule has 26 heavy (non-hydrogen) atoms. The third-order valence-corrected chi connectivity index (χ3v) is 4.52. The van der Waals surface area contributed by atoms with Gasteiger partial charge in [0.1, 0.15) is 18.0 Å². The summed E-state index contributed by atoms with van der Waals surface area (Å²) in [5.41, 5.74) is 1.83. The molecule has 0 aliphatic carbocycles. The van der Waals surface area contributed by atoms with Crippen LogP contribution in [-0.2, 0) is 17.8 Å². The van der Waals surface area contributed by atoms with Crippen molar-refractivity contribution in [2.24, 2.45) is 0 Å². The minimum absolute atomic E-state index is 0.296. The molecule has 2 aromatic rings. The second-order valence-corrected chi connectivity index (χ2v) is 8.35. The van der Waals surface area contributed by atoms with Crippen LogP contribution < -0.4 is 4.74 Å². The number of halogens is 1. The summed E-state index contributed by atoms with van der Waals surface area (Å²) >= 11 is 2.29. The van der Waals surface area contributed by atoms with Gasteiger partial charge in [-0.3, -0.25) is 0 Å². The molecule has 0 bridgehead atoms. The van der Waals surface area contributed by atoms with E-state index in [1.54, 1.807) is 11.9 Å². The van der Waals surface area contributed by atoms with Crippen molar-refractivity contribution in [3.8, 4) is 5.75 Å². The van der Waals surface area contributed by atoms with Gasteiger partial charge in [-0.2, -0.15) is 0 Å². The van der Waals surface area contributed by atoms with Crippen LogP contribution in [0.2, 0.25) is 0 Å². The Hall–Kier alpha value is -1.76. The third-order valence-electron chi connectivity index (χ3n) is 3.67. The summed E-state index contributed by atoms with van der Waals surface area (Å²) in [5.74, 6) is 0.874.